The number of hydrogen-bond donors (Lipinski definition) is 1. The highest BCUT2D eigenvalue weighted by atomic mass is 16.7. The molecule has 0 spiro atoms. The molecule has 0 aliphatic carbocycles. The highest BCUT2D eigenvalue weighted by molar-refractivity contribution is 6.05. The van der Waals surface area contributed by atoms with Gasteiger partial charge in [-0.15, -0.1) is 0 Å². The van der Waals surface area contributed by atoms with Gasteiger partial charge >= 0.3 is 0 Å². The normalized spacial score (nSPS) is 12.6. The molecule has 4 rings (SSSR count). The fourth-order valence-corrected chi connectivity index (χ4v) is 2.36. The maximum Gasteiger partial charge on any atom is 0.255 e. The van der Waals surface area contributed by atoms with Crippen molar-refractivity contribution in [3.05, 3.63) is 47.9 Å². The Bertz CT molecular complexity index is 885. The molecule has 6 heteroatoms. The Morgan fingerprint density at radius 1 is 1.14 bits per heavy atom. The summed E-state index contributed by atoms with van der Waals surface area (Å²) in [4.78, 5) is 16.6. The molecule has 2 heterocycles. The van der Waals surface area contributed by atoms with Gasteiger partial charge in [0.2, 0.25) is 6.79 Å². The highest BCUT2D eigenvalue weighted by Crippen LogP contribution is 2.32. The lowest BCUT2D eigenvalue weighted by Gasteiger charge is -2.05. The van der Waals surface area contributed by atoms with Gasteiger partial charge in [-0.3, -0.25) is 4.79 Å². The molecule has 0 bridgehead atoms. The average molecular weight is 296 g/mol. The number of hydrogen-bond acceptors (Lipinski definition) is 5. The molecule has 1 aromatic heterocycles. The molecule has 0 fully saturated rings. The number of ether oxygens (including phenoxy) is 2. The van der Waals surface area contributed by atoms with E-state index in [9.17, 15) is 4.79 Å². The van der Waals surface area contributed by atoms with Crippen LogP contribution in [0.1, 0.15) is 16.2 Å². The summed E-state index contributed by atoms with van der Waals surface area (Å²) in [6.07, 6.45) is 0. The lowest BCUT2D eigenvalue weighted by molar-refractivity contribution is 0.102. The summed E-state index contributed by atoms with van der Waals surface area (Å²) in [5.41, 5.74) is 2.56. The number of aryl methyl sites for hydroxylation is 1. The van der Waals surface area contributed by atoms with E-state index in [1.54, 1.807) is 43.3 Å². The molecule has 1 aliphatic rings. The van der Waals surface area contributed by atoms with Crippen molar-refractivity contribution in [3.8, 4) is 11.5 Å². The van der Waals surface area contributed by atoms with Gasteiger partial charge in [0.05, 0.1) is 0 Å². The van der Waals surface area contributed by atoms with Crippen molar-refractivity contribution in [2.24, 2.45) is 0 Å². The van der Waals surface area contributed by atoms with E-state index in [4.69, 9.17) is 13.9 Å². The highest BCUT2D eigenvalue weighted by Gasteiger charge is 2.16. The predicted molar refractivity (Wildman–Crippen MR) is 79.3 cm³/mol. The zero-order valence-electron chi connectivity index (χ0n) is 11.8. The summed E-state index contributed by atoms with van der Waals surface area (Å²) >= 11 is 0. The number of anilines is 1. The van der Waals surface area contributed by atoms with Crippen LogP contribution >= 0.6 is 0 Å². The van der Waals surface area contributed by atoms with E-state index in [-0.39, 0.29) is 12.7 Å². The molecule has 110 valence electrons. The number of carbonyl (C=O) groups is 1. The van der Waals surface area contributed by atoms with Gasteiger partial charge in [-0.25, -0.2) is 4.98 Å². The van der Waals surface area contributed by atoms with Crippen LogP contribution in [0.3, 0.4) is 0 Å². The van der Waals surface area contributed by atoms with Gasteiger partial charge in [0.15, 0.2) is 23.0 Å². The lowest BCUT2D eigenvalue weighted by atomic mass is 10.2. The topological polar surface area (TPSA) is 73.6 Å². The number of amides is 1. The Hall–Kier alpha value is -3.02. The lowest BCUT2D eigenvalue weighted by Crippen LogP contribution is -2.11. The van der Waals surface area contributed by atoms with Gasteiger partial charge in [-0.1, -0.05) is 0 Å². The standard InChI is InChI=1S/C16H12N2O4/c1-9-17-12-7-11(3-5-13(12)22-9)18-16(19)10-2-4-14-15(6-10)21-8-20-14/h2-7H,8H2,1H3,(H,18,19). The molecule has 0 radical (unpaired) electrons. The van der Waals surface area contributed by atoms with Crippen molar-refractivity contribution >= 4 is 22.7 Å². The number of fused-ring (bicyclic) bond motifs is 2. The van der Waals surface area contributed by atoms with Gasteiger partial charge in [0.1, 0.15) is 5.52 Å². The summed E-state index contributed by atoms with van der Waals surface area (Å²) in [5.74, 6) is 1.60. The van der Waals surface area contributed by atoms with Crippen molar-refractivity contribution in [2.45, 2.75) is 6.92 Å². The summed E-state index contributed by atoms with van der Waals surface area (Å²) < 4.78 is 15.9. The van der Waals surface area contributed by atoms with Crippen LogP contribution in [-0.4, -0.2) is 17.7 Å². The predicted octanol–water partition coefficient (Wildman–Crippen LogP) is 3.12. The number of oxazole rings is 1. The van der Waals surface area contributed by atoms with Crippen molar-refractivity contribution in [2.75, 3.05) is 12.1 Å². The quantitative estimate of drug-likeness (QED) is 0.786. The minimum absolute atomic E-state index is 0.183. The molecule has 22 heavy (non-hydrogen) atoms. The van der Waals surface area contributed by atoms with Crippen molar-refractivity contribution in [1.29, 1.82) is 0 Å². The SMILES string of the molecule is Cc1nc2cc(NC(=O)c3ccc4c(c3)OCO4)ccc2o1. The summed E-state index contributed by atoms with van der Waals surface area (Å²) in [6, 6.07) is 10.4. The van der Waals surface area contributed by atoms with Crippen molar-refractivity contribution < 1.29 is 18.7 Å². The van der Waals surface area contributed by atoms with Crippen molar-refractivity contribution in [1.82, 2.24) is 4.98 Å². The van der Waals surface area contributed by atoms with Gasteiger partial charge in [-0.05, 0) is 36.4 Å². The summed E-state index contributed by atoms with van der Waals surface area (Å²) in [6.45, 7) is 1.97. The zero-order chi connectivity index (χ0) is 15.1. The first kappa shape index (κ1) is 12.7. The van der Waals surface area contributed by atoms with Crippen LogP contribution in [0.2, 0.25) is 0 Å². The monoisotopic (exact) mass is 296 g/mol. The van der Waals surface area contributed by atoms with E-state index < -0.39 is 0 Å². The smallest absolute Gasteiger partial charge is 0.255 e. The zero-order valence-corrected chi connectivity index (χ0v) is 11.8. The summed E-state index contributed by atoms with van der Waals surface area (Å²) in [7, 11) is 0. The molecular weight excluding hydrogens is 284 g/mol. The van der Waals surface area contributed by atoms with E-state index in [0.29, 0.717) is 39.7 Å². The minimum Gasteiger partial charge on any atom is -0.454 e. The molecule has 0 saturated carbocycles. The number of nitrogens with one attached hydrogen (secondary N) is 1. The third-order valence-electron chi connectivity index (χ3n) is 3.39. The van der Waals surface area contributed by atoms with E-state index in [1.165, 1.54) is 0 Å². The Kier molecular flexibility index (Phi) is 2.75. The second kappa shape index (κ2) is 4.77. The fraction of sp³-hybridized carbons (Fsp3) is 0.125. The maximum absolute atomic E-state index is 12.3. The van der Waals surface area contributed by atoms with Gasteiger partial charge < -0.3 is 19.2 Å². The Balaban J connectivity index is 1.59. The van der Waals surface area contributed by atoms with E-state index in [0.717, 1.165) is 0 Å². The Morgan fingerprint density at radius 3 is 2.91 bits per heavy atom. The second-order valence-electron chi connectivity index (χ2n) is 4.94. The van der Waals surface area contributed by atoms with Gasteiger partial charge in [0, 0.05) is 18.2 Å². The van der Waals surface area contributed by atoms with Crippen LogP contribution in [0.25, 0.3) is 11.1 Å². The first-order valence-electron chi connectivity index (χ1n) is 6.77. The number of aromatic nitrogens is 1. The molecule has 6 nitrogen and oxygen atoms in total. The van der Waals surface area contributed by atoms with Crippen LogP contribution in [0.5, 0.6) is 11.5 Å². The average Bonchev–Trinajstić information content (AvgIpc) is 3.10. The minimum atomic E-state index is -0.224. The molecule has 3 aromatic rings. The van der Waals surface area contributed by atoms with E-state index in [2.05, 4.69) is 10.3 Å². The van der Waals surface area contributed by atoms with Gasteiger partial charge in [-0.2, -0.15) is 0 Å². The number of carbonyl (C=O) groups excluding carboxylic acids is 1. The summed E-state index contributed by atoms with van der Waals surface area (Å²) in [5, 5.41) is 2.83. The molecule has 0 saturated heterocycles. The van der Waals surface area contributed by atoms with Gasteiger partial charge in [0.25, 0.3) is 5.91 Å². The van der Waals surface area contributed by atoms with E-state index in [1.807, 2.05) is 0 Å². The largest absolute Gasteiger partial charge is 0.454 e. The van der Waals surface area contributed by atoms with Crippen LogP contribution in [0.15, 0.2) is 40.8 Å². The Labute approximate surface area is 125 Å². The molecular formula is C16H12N2O4. The van der Waals surface area contributed by atoms with E-state index >= 15 is 0 Å². The number of benzene rings is 2. The number of nitrogens with zero attached hydrogens (tertiary/aromatic N) is 1. The van der Waals surface area contributed by atoms with Crippen LogP contribution in [-0.2, 0) is 0 Å². The first-order chi connectivity index (χ1) is 10.7. The molecule has 2 aromatic carbocycles. The number of rotatable bonds is 2. The van der Waals surface area contributed by atoms with Crippen LogP contribution in [0.4, 0.5) is 5.69 Å². The molecule has 0 atom stereocenters. The Morgan fingerprint density at radius 2 is 2.00 bits per heavy atom. The second-order valence-corrected chi connectivity index (χ2v) is 4.94. The maximum atomic E-state index is 12.3. The fourth-order valence-electron chi connectivity index (χ4n) is 2.36. The van der Waals surface area contributed by atoms with Crippen molar-refractivity contribution in [3.63, 3.8) is 0 Å². The molecule has 1 amide bonds. The first-order valence-corrected chi connectivity index (χ1v) is 6.77. The third-order valence-corrected chi connectivity index (χ3v) is 3.39. The molecule has 1 N–H and O–H groups in total. The molecule has 1 aliphatic heterocycles. The third kappa shape index (κ3) is 2.14. The van der Waals surface area contributed by atoms with Crippen LogP contribution < -0.4 is 14.8 Å². The van der Waals surface area contributed by atoms with Crippen LogP contribution in [0, 0.1) is 6.92 Å². The molecule has 0 unspecified atom stereocenters.